The fourth-order valence-electron chi connectivity index (χ4n) is 6.56. The van der Waals surface area contributed by atoms with E-state index in [0.717, 1.165) is 51.4 Å². The molecule has 7 unspecified atom stereocenters. The highest BCUT2D eigenvalue weighted by Crippen LogP contribution is 2.22. The van der Waals surface area contributed by atoms with Gasteiger partial charge in [-0.2, -0.15) is 0 Å². The summed E-state index contributed by atoms with van der Waals surface area (Å²) in [4.78, 5) is 12.9. The number of allylic oxidation sites excluding steroid dienone is 3. The maximum Gasteiger partial charge on any atom is 0.220 e. The van der Waals surface area contributed by atoms with Crippen LogP contribution in [0.2, 0.25) is 0 Å². The molecule has 1 heterocycles. The van der Waals surface area contributed by atoms with Crippen LogP contribution in [0.5, 0.6) is 0 Å². The molecule has 300 valence electrons. The van der Waals surface area contributed by atoms with E-state index in [1.165, 1.54) is 109 Å². The number of rotatable bonds is 34. The third kappa shape index (κ3) is 24.6. The Kier molecular flexibility index (Phi) is 31.1. The molecule has 0 bridgehead atoms. The predicted molar refractivity (Wildman–Crippen MR) is 207 cm³/mol. The van der Waals surface area contributed by atoms with Gasteiger partial charge in [-0.05, 0) is 44.9 Å². The van der Waals surface area contributed by atoms with Gasteiger partial charge in [0, 0.05) is 6.42 Å². The molecule has 1 rings (SSSR count). The van der Waals surface area contributed by atoms with Crippen LogP contribution < -0.4 is 5.32 Å². The van der Waals surface area contributed by atoms with Crippen molar-refractivity contribution in [2.24, 2.45) is 0 Å². The number of amides is 1. The van der Waals surface area contributed by atoms with Crippen LogP contribution in [0.15, 0.2) is 24.3 Å². The summed E-state index contributed by atoms with van der Waals surface area (Å²) >= 11 is 0. The molecule has 1 aliphatic rings. The number of unbranched alkanes of at least 4 members (excludes halogenated alkanes) is 22. The van der Waals surface area contributed by atoms with Crippen molar-refractivity contribution in [2.75, 3.05) is 13.2 Å². The fraction of sp³-hybridized carbons (Fsp3) is 0.881. The lowest BCUT2D eigenvalue weighted by atomic mass is 9.99. The summed E-state index contributed by atoms with van der Waals surface area (Å²) in [6.45, 7) is 3.74. The largest absolute Gasteiger partial charge is 0.394 e. The highest BCUT2D eigenvalue weighted by Gasteiger charge is 2.44. The zero-order valence-corrected chi connectivity index (χ0v) is 32.6. The number of nitrogens with one attached hydrogen (secondary N) is 1. The molecule has 1 saturated heterocycles. The summed E-state index contributed by atoms with van der Waals surface area (Å²) in [5, 5.41) is 54.0. The normalized spacial score (nSPS) is 22.2. The van der Waals surface area contributed by atoms with Gasteiger partial charge in [-0.1, -0.05) is 154 Å². The van der Waals surface area contributed by atoms with Crippen molar-refractivity contribution in [3.8, 4) is 0 Å². The minimum atomic E-state index is -1.57. The van der Waals surface area contributed by atoms with Crippen LogP contribution >= 0.6 is 0 Å². The molecule has 0 saturated carbocycles. The molecule has 0 spiro atoms. The van der Waals surface area contributed by atoms with Gasteiger partial charge in [0.1, 0.15) is 24.4 Å². The quantitative estimate of drug-likeness (QED) is 0.0289. The minimum Gasteiger partial charge on any atom is -0.394 e. The summed E-state index contributed by atoms with van der Waals surface area (Å²) in [6.07, 6.45) is 30.7. The molecule has 1 amide bonds. The van der Waals surface area contributed by atoms with Gasteiger partial charge in [0.15, 0.2) is 6.29 Å². The SMILES string of the molecule is CCCCCCCC/C=C\CCCCCC(=O)NC(COC1OC(CO)C(O)C(O)C1O)C(O)/C=C/CCCCCCCCCCCCCCC. The van der Waals surface area contributed by atoms with Crippen LogP contribution in [-0.2, 0) is 14.3 Å². The summed E-state index contributed by atoms with van der Waals surface area (Å²) in [5.74, 6) is -0.194. The Hall–Kier alpha value is -1.33. The van der Waals surface area contributed by atoms with Gasteiger partial charge >= 0.3 is 0 Å². The van der Waals surface area contributed by atoms with Crippen LogP contribution in [-0.4, -0.2) is 87.5 Å². The van der Waals surface area contributed by atoms with Gasteiger partial charge in [0.05, 0.1) is 25.4 Å². The van der Waals surface area contributed by atoms with E-state index in [1.54, 1.807) is 6.08 Å². The van der Waals surface area contributed by atoms with E-state index in [0.29, 0.717) is 6.42 Å². The van der Waals surface area contributed by atoms with Crippen molar-refractivity contribution in [1.29, 1.82) is 0 Å². The average molecular weight is 726 g/mol. The Labute approximate surface area is 311 Å². The lowest BCUT2D eigenvalue weighted by Crippen LogP contribution is -2.60. The van der Waals surface area contributed by atoms with Crippen molar-refractivity contribution in [1.82, 2.24) is 5.32 Å². The van der Waals surface area contributed by atoms with Crippen molar-refractivity contribution >= 4 is 5.91 Å². The Morgan fingerprint density at radius 1 is 0.647 bits per heavy atom. The summed E-state index contributed by atoms with van der Waals surface area (Å²) in [5.41, 5.74) is 0. The molecule has 1 aliphatic heterocycles. The van der Waals surface area contributed by atoms with Crippen molar-refractivity contribution in [3.05, 3.63) is 24.3 Å². The van der Waals surface area contributed by atoms with Gasteiger partial charge in [0.25, 0.3) is 0 Å². The molecule has 0 aromatic rings. The molecule has 9 heteroatoms. The topological polar surface area (TPSA) is 149 Å². The molecule has 1 fully saturated rings. The molecule has 9 nitrogen and oxygen atoms in total. The van der Waals surface area contributed by atoms with Crippen LogP contribution in [0.25, 0.3) is 0 Å². The first-order chi connectivity index (χ1) is 24.8. The predicted octanol–water partition coefficient (Wildman–Crippen LogP) is 7.94. The fourth-order valence-corrected chi connectivity index (χ4v) is 6.56. The number of carbonyl (C=O) groups excluding carboxylic acids is 1. The molecule has 6 N–H and O–H groups in total. The Morgan fingerprint density at radius 3 is 1.59 bits per heavy atom. The number of hydrogen-bond acceptors (Lipinski definition) is 8. The first-order valence-electron chi connectivity index (χ1n) is 21.1. The average Bonchev–Trinajstić information content (AvgIpc) is 3.13. The lowest BCUT2D eigenvalue weighted by Gasteiger charge is -2.40. The molecule has 0 aromatic carbocycles. The molecular weight excluding hydrogens is 646 g/mol. The number of carbonyl (C=O) groups is 1. The zero-order chi connectivity index (χ0) is 37.4. The van der Waals surface area contributed by atoms with Gasteiger partial charge in [0.2, 0.25) is 5.91 Å². The van der Waals surface area contributed by atoms with Crippen LogP contribution in [0.3, 0.4) is 0 Å². The van der Waals surface area contributed by atoms with E-state index in [1.807, 2.05) is 6.08 Å². The Bertz CT molecular complexity index is 853. The van der Waals surface area contributed by atoms with Gasteiger partial charge in [-0.15, -0.1) is 0 Å². The second-order valence-electron chi connectivity index (χ2n) is 14.8. The highest BCUT2D eigenvalue weighted by atomic mass is 16.7. The van der Waals surface area contributed by atoms with Crippen molar-refractivity contribution < 1.29 is 39.8 Å². The van der Waals surface area contributed by atoms with E-state index < -0.39 is 49.5 Å². The van der Waals surface area contributed by atoms with E-state index in [2.05, 4.69) is 31.3 Å². The molecular formula is C42H79NO8. The van der Waals surface area contributed by atoms with Gasteiger partial charge in [-0.25, -0.2) is 0 Å². The standard InChI is InChI=1S/C42H79NO8/c1-3-5-7-9-11-13-15-17-18-20-21-23-25-27-29-31-36(45)35(34-50-42-41(49)40(48)39(47)37(33-44)51-42)43-38(46)32-30-28-26-24-22-19-16-14-12-10-8-6-4-2/h19,22,29,31,35-37,39-42,44-45,47-49H,3-18,20-21,23-28,30,32-34H2,1-2H3,(H,43,46)/b22-19-,31-29+. The number of hydrogen-bond donors (Lipinski definition) is 6. The van der Waals surface area contributed by atoms with E-state index in [9.17, 15) is 30.3 Å². The monoisotopic (exact) mass is 726 g/mol. The molecule has 0 aromatic heterocycles. The second kappa shape index (κ2) is 33.3. The van der Waals surface area contributed by atoms with E-state index in [-0.39, 0.29) is 12.5 Å². The minimum absolute atomic E-state index is 0.192. The summed E-state index contributed by atoms with van der Waals surface area (Å²) in [7, 11) is 0. The number of aliphatic hydroxyl groups is 5. The molecule has 0 radical (unpaired) electrons. The first-order valence-corrected chi connectivity index (χ1v) is 21.1. The van der Waals surface area contributed by atoms with Crippen molar-refractivity contribution in [2.45, 2.75) is 224 Å². The highest BCUT2D eigenvalue weighted by molar-refractivity contribution is 5.76. The second-order valence-corrected chi connectivity index (χ2v) is 14.8. The summed E-state index contributed by atoms with van der Waals surface area (Å²) in [6, 6.07) is -0.808. The third-order valence-electron chi connectivity index (χ3n) is 10.0. The van der Waals surface area contributed by atoms with E-state index >= 15 is 0 Å². The smallest absolute Gasteiger partial charge is 0.220 e. The van der Waals surface area contributed by atoms with Gasteiger partial charge < -0.3 is 40.3 Å². The first kappa shape index (κ1) is 47.7. The van der Waals surface area contributed by atoms with Crippen LogP contribution in [0, 0.1) is 0 Å². The lowest BCUT2D eigenvalue weighted by molar-refractivity contribution is -0.302. The van der Waals surface area contributed by atoms with Gasteiger partial charge in [-0.3, -0.25) is 4.79 Å². The van der Waals surface area contributed by atoms with Crippen LogP contribution in [0.1, 0.15) is 181 Å². The Balaban J connectivity index is 2.43. The molecule has 0 aliphatic carbocycles. The third-order valence-corrected chi connectivity index (χ3v) is 10.0. The number of ether oxygens (including phenoxy) is 2. The zero-order valence-electron chi connectivity index (χ0n) is 32.6. The summed E-state index contributed by atoms with van der Waals surface area (Å²) < 4.78 is 11.2. The van der Waals surface area contributed by atoms with Crippen molar-refractivity contribution in [3.63, 3.8) is 0 Å². The maximum absolute atomic E-state index is 12.9. The maximum atomic E-state index is 12.9. The molecule has 51 heavy (non-hydrogen) atoms. The molecule has 7 atom stereocenters. The van der Waals surface area contributed by atoms with E-state index in [4.69, 9.17) is 9.47 Å². The number of aliphatic hydroxyl groups excluding tert-OH is 5. The van der Waals surface area contributed by atoms with Crippen LogP contribution in [0.4, 0.5) is 0 Å². The Morgan fingerprint density at radius 2 is 1.10 bits per heavy atom.